The quantitative estimate of drug-likeness (QED) is 0.529. The Balaban J connectivity index is 3.09. The van der Waals surface area contributed by atoms with E-state index in [1.54, 1.807) is 0 Å². The molecule has 0 radical (unpaired) electrons. The van der Waals surface area contributed by atoms with Crippen LogP contribution in [-0.4, -0.2) is 6.29 Å². The van der Waals surface area contributed by atoms with Gasteiger partial charge in [0.05, 0.1) is 5.56 Å². The normalized spacial score (nSPS) is 9.12. The maximum Gasteiger partial charge on any atom is 0.153 e. The van der Waals surface area contributed by atoms with Gasteiger partial charge < -0.3 is 0 Å². The highest BCUT2D eigenvalue weighted by molar-refractivity contribution is 7.08. The van der Waals surface area contributed by atoms with Gasteiger partial charge in [-0.2, -0.15) is 0 Å². The Labute approximate surface area is 49.8 Å². The van der Waals surface area contributed by atoms with E-state index in [1.807, 2.05) is 0 Å². The molecule has 0 fully saturated rings. The molecule has 0 aliphatic carbocycles. The molecule has 0 aliphatic heterocycles. The molecule has 0 saturated heterocycles. The van der Waals surface area contributed by atoms with Crippen LogP contribution in [-0.2, 0) is 0 Å². The Hall–Kier alpha value is -0.700. The zero-order chi connectivity index (χ0) is 5.98. The van der Waals surface area contributed by atoms with Crippen LogP contribution in [0.4, 0.5) is 4.39 Å². The monoisotopic (exact) mass is 130 g/mol. The fraction of sp³-hybridized carbons (Fsp3) is 0. The summed E-state index contributed by atoms with van der Waals surface area (Å²) in [5.41, 5.74) is 0.148. The predicted molar refractivity (Wildman–Crippen MR) is 29.7 cm³/mol. The molecule has 8 heavy (non-hydrogen) atoms. The van der Waals surface area contributed by atoms with Gasteiger partial charge >= 0.3 is 0 Å². The number of carbonyl (C=O) groups is 1. The van der Waals surface area contributed by atoms with Crippen molar-refractivity contribution >= 4 is 17.6 Å². The minimum Gasteiger partial charge on any atom is -0.298 e. The lowest BCUT2D eigenvalue weighted by Gasteiger charge is -1.74. The zero-order valence-corrected chi connectivity index (χ0v) is 4.74. The van der Waals surface area contributed by atoms with Gasteiger partial charge in [-0.3, -0.25) is 4.79 Å². The van der Waals surface area contributed by atoms with Crippen molar-refractivity contribution in [3.8, 4) is 0 Å². The topological polar surface area (TPSA) is 17.1 Å². The predicted octanol–water partition coefficient (Wildman–Crippen LogP) is 1.70. The number of thiophene rings is 1. The van der Waals surface area contributed by atoms with Gasteiger partial charge in [0.25, 0.3) is 0 Å². The van der Waals surface area contributed by atoms with E-state index >= 15 is 0 Å². The number of hydrogen-bond donors (Lipinski definition) is 0. The second-order valence-electron chi connectivity index (χ2n) is 1.29. The van der Waals surface area contributed by atoms with Crippen LogP contribution in [0.15, 0.2) is 10.8 Å². The van der Waals surface area contributed by atoms with Crippen LogP contribution in [0.25, 0.3) is 0 Å². The molecule has 3 heteroatoms. The summed E-state index contributed by atoms with van der Waals surface area (Å²) in [4.78, 5) is 9.86. The molecule has 0 aromatic carbocycles. The Kier molecular flexibility index (Phi) is 1.39. The van der Waals surface area contributed by atoms with Gasteiger partial charge in [-0.15, -0.1) is 11.3 Å². The third kappa shape index (κ3) is 0.767. The van der Waals surface area contributed by atoms with Gasteiger partial charge in [0.2, 0.25) is 0 Å². The largest absolute Gasteiger partial charge is 0.298 e. The fourth-order valence-corrected chi connectivity index (χ4v) is 1.01. The molecule has 0 N–H and O–H groups in total. The SMILES string of the molecule is O=Cc1cscc1F. The van der Waals surface area contributed by atoms with E-state index in [1.165, 1.54) is 22.1 Å². The summed E-state index contributed by atoms with van der Waals surface area (Å²) in [6, 6.07) is 0. The smallest absolute Gasteiger partial charge is 0.153 e. The average molecular weight is 130 g/mol. The van der Waals surface area contributed by atoms with Crippen LogP contribution >= 0.6 is 11.3 Å². The summed E-state index contributed by atoms with van der Waals surface area (Å²) >= 11 is 1.18. The first-order chi connectivity index (χ1) is 3.84. The van der Waals surface area contributed by atoms with Crippen LogP contribution in [0.1, 0.15) is 10.4 Å². The molecule has 0 unspecified atom stereocenters. The maximum absolute atomic E-state index is 12.1. The molecule has 0 atom stereocenters. The molecule has 0 amide bonds. The maximum atomic E-state index is 12.1. The number of hydrogen-bond acceptors (Lipinski definition) is 2. The molecular weight excluding hydrogens is 127 g/mol. The molecule has 1 heterocycles. The van der Waals surface area contributed by atoms with Crippen LogP contribution in [0, 0.1) is 5.82 Å². The highest BCUT2D eigenvalue weighted by atomic mass is 32.1. The van der Waals surface area contributed by atoms with Gasteiger partial charge in [-0.25, -0.2) is 4.39 Å². The number of rotatable bonds is 1. The lowest BCUT2D eigenvalue weighted by molar-refractivity contribution is 0.112. The highest BCUT2D eigenvalue weighted by Gasteiger charge is 1.97. The molecule has 0 saturated carbocycles. The van der Waals surface area contributed by atoms with Crippen molar-refractivity contribution < 1.29 is 9.18 Å². The first-order valence-corrected chi connectivity index (χ1v) is 2.95. The van der Waals surface area contributed by atoms with Crippen LogP contribution in [0.5, 0.6) is 0 Å². The second kappa shape index (κ2) is 2.05. The Bertz CT molecular complexity index is 194. The summed E-state index contributed by atoms with van der Waals surface area (Å²) in [6.07, 6.45) is 0.506. The molecule has 1 aromatic heterocycles. The van der Waals surface area contributed by atoms with Crippen molar-refractivity contribution in [2.45, 2.75) is 0 Å². The lowest BCUT2D eigenvalue weighted by Crippen LogP contribution is -1.75. The number of halogens is 1. The van der Waals surface area contributed by atoms with Gasteiger partial charge in [0.1, 0.15) is 5.82 Å². The number of carbonyl (C=O) groups excluding carboxylic acids is 1. The van der Waals surface area contributed by atoms with Gasteiger partial charge in [0, 0.05) is 10.8 Å². The Morgan fingerprint density at radius 2 is 2.38 bits per heavy atom. The third-order valence-electron chi connectivity index (χ3n) is 0.769. The summed E-state index contributed by atoms with van der Waals surface area (Å²) in [5, 5.41) is 2.77. The third-order valence-corrected chi connectivity index (χ3v) is 1.50. The molecule has 0 aliphatic rings. The van der Waals surface area contributed by atoms with Crippen LogP contribution < -0.4 is 0 Å². The molecule has 1 rings (SSSR count). The van der Waals surface area contributed by atoms with E-state index < -0.39 is 5.82 Å². The van der Waals surface area contributed by atoms with E-state index in [0.717, 1.165) is 0 Å². The zero-order valence-electron chi connectivity index (χ0n) is 3.93. The molecular formula is C5H3FOS. The van der Waals surface area contributed by atoms with Crippen molar-refractivity contribution in [2.24, 2.45) is 0 Å². The van der Waals surface area contributed by atoms with E-state index in [9.17, 15) is 9.18 Å². The molecule has 0 spiro atoms. The summed E-state index contributed by atoms with van der Waals surface area (Å²) in [5.74, 6) is -0.426. The van der Waals surface area contributed by atoms with Gasteiger partial charge in [-0.1, -0.05) is 0 Å². The lowest BCUT2D eigenvalue weighted by atomic mass is 10.4. The van der Waals surface area contributed by atoms with E-state index in [0.29, 0.717) is 6.29 Å². The van der Waals surface area contributed by atoms with E-state index in [-0.39, 0.29) is 5.56 Å². The van der Waals surface area contributed by atoms with E-state index in [2.05, 4.69) is 0 Å². The van der Waals surface area contributed by atoms with Crippen molar-refractivity contribution in [1.82, 2.24) is 0 Å². The average Bonchev–Trinajstić information content (AvgIpc) is 2.14. The standard InChI is InChI=1S/C5H3FOS/c6-5-3-8-2-4(5)1-7/h1-3H. The highest BCUT2D eigenvalue weighted by Crippen LogP contribution is 2.09. The second-order valence-corrected chi connectivity index (χ2v) is 2.04. The Morgan fingerprint density at radius 3 is 2.62 bits per heavy atom. The first kappa shape index (κ1) is 5.44. The molecule has 0 bridgehead atoms. The Morgan fingerprint density at radius 1 is 1.62 bits per heavy atom. The molecule has 42 valence electrons. The fourth-order valence-electron chi connectivity index (χ4n) is 0.375. The van der Waals surface area contributed by atoms with Crippen molar-refractivity contribution in [2.75, 3.05) is 0 Å². The van der Waals surface area contributed by atoms with Crippen molar-refractivity contribution in [3.63, 3.8) is 0 Å². The van der Waals surface area contributed by atoms with E-state index in [4.69, 9.17) is 0 Å². The van der Waals surface area contributed by atoms with Crippen molar-refractivity contribution in [1.29, 1.82) is 0 Å². The summed E-state index contributed by atoms with van der Waals surface area (Å²) in [7, 11) is 0. The van der Waals surface area contributed by atoms with Crippen molar-refractivity contribution in [3.05, 3.63) is 22.1 Å². The minimum atomic E-state index is -0.426. The molecule has 1 nitrogen and oxygen atoms in total. The summed E-state index contributed by atoms with van der Waals surface area (Å²) < 4.78 is 12.1. The van der Waals surface area contributed by atoms with Crippen LogP contribution in [0.3, 0.4) is 0 Å². The molecule has 1 aromatic rings. The van der Waals surface area contributed by atoms with Gasteiger partial charge in [0.15, 0.2) is 6.29 Å². The summed E-state index contributed by atoms with van der Waals surface area (Å²) in [6.45, 7) is 0. The first-order valence-electron chi connectivity index (χ1n) is 2.01. The minimum absolute atomic E-state index is 0.148. The number of aldehydes is 1. The van der Waals surface area contributed by atoms with Gasteiger partial charge in [-0.05, 0) is 0 Å². The van der Waals surface area contributed by atoms with Crippen LogP contribution in [0.2, 0.25) is 0 Å².